The number of rotatable bonds is 2. The van der Waals surface area contributed by atoms with Crippen LogP contribution in [0.3, 0.4) is 0 Å². The molecule has 0 amide bonds. The van der Waals surface area contributed by atoms with E-state index < -0.39 is 0 Å². The molecule has 2 N–H and O–H groups in total. The summed E-state index contributed by atoms with van der Waals surface area (Å²) in [6, 6.07) is 10.3. The molecule has 0 unspecified atom stereocenters. The van der Waals surface area contributed by atoms with E-state index >= 15 is 0 Å². The summed E-state index contributed by atoms with van der Waals surface area (Å²) in [5.41, 5.74) is 1.32. The van der Waals surface area contributed by atoms with Crippen molar-refractivity contribution in [3.8, 4) is 0 Å². The van der Waals surface area contributed by atoms with E-state index in [1.54, 1.807) is 0 Å². The third-order valence-corrected chi connectivity index (χ3v) is 2.64. The first kappa shape index (κ1) is 8.73. The van der Waals surface area contributed by atoms with E-state index in [0.29, 0.717) is 5.92 Å². The predicted octanol–water partition coefficient (Wildman–Crippen LogP) is 0.809. The Kier molecular flexibility index (Phi) is 2.62. The number of aliphatic hydroxyl groups excluding tert-OH is 1. The van der Waals surface area contributed by atoms with E-state index in [-0.39, 0.29) is 6.10 Å². The maximum atomic E-state index is 9.59. The topological polar surface area (TPSA) is 32.3 Å². The van der Waals surface area contributed by atoms with Crippen LogP contribution in [0.4, 0.5) is 0 Å². The standard InChI is InChI=1S/C11H15NO/c13-11-8-12-7-10(11)6-9-4-2-1-3-5-9/h1-5,10-13H,6-8H2/t10-,11-/m0/s1. The second-order valence-electron chi connectivity index (χ2n) is 3.68. The van der Waals surface area contributed by atoms with E-state index in [0.717, 1.165) is 19.5 Å². The fraction of sp³-hybridized carbons (Fsp3) is 0.455. The average Bonchev–Trinajstić information content (AvgIpc) is 2.54. The van der Waals surface area contributed by atoms with Gasteiger partial charge in [-0.25, -0.2) is 0 Å². The Hall–Kier alpha value is -0.860. The van der Waals surface area contributed by atoms with Gasteiger partial charge in [-0.3, -0.25) is 0 Å². The van der Waals surface area contributed by atoms with Crippen LogP contribution in [0, 0.1) is 5.92 Å². The number of benzene rings is 1. The summed E-state index contributed by atoms with van der Waals surface area (Å²) in [6.07, 6.45) is 0.815. The molecule has 1 aromatic carbocycles. The van der Waals surface area contributed by atoms with Crippen molar-refractivity contribution < 1.29 is 5.11 Å². The Morgan fingerprint density at radius 1 is 1.23 bits per heavy atom. The SMILES string of the molecule is O[C@H]1CNC[C@@H]1Cc1ccccc1. The summed E-state index contributed by atoms with van der Waals surface area (Å²) in [7, 11) is 0. The van der Waals surface area contributed by atoms with E-state index in [4.69, 9.17) is 0 Å². The lowest BCUT2D eigenvalue weighted by molar-refractivity contribution is 0.147. The van der Waals surface area contributed by atoms with Gasteiger partial charge in [0.25, 0.3) is 0 Å². The van der Waals surface area contributed by atoms with Crippen LogP contribution in [0.15, 0.2) is 30.3 Å². The second kappa shape index (κ2) is 3.90. The molecule has 1 aliphatic rings. The molecule has 0 radical (unpaired) electrons. The largest absolute Gasteiger partial charge is 0.391 e. The number of hydrogen-bond donors (Lipinski definition) is 2. The van der Waals surface area contributed by atoms with Gasteiger partial charge in [0.15, 0.2) is 0 Å². The van der Waals surface area contributed by atoms with Crippen LogP contribution in [0.25, 0.3) is 0 Å². The Balaban J connectivity index is 1.98. The molecule has 1 aromatic rings. The van der Waals surface area contributed by atoms with Gasteiger partial charge in [0.05, 0.1) is 6.10 Å². The second-order valence-corrected chi connectivity index (χ2v) is 3.68. The summed E-state index contributed by atoms with van der Waals surface area (Å²) in [6.45, 7) is 1.69. The van der Waals surface area contributed by atoms with Crippen LogP contribution in [0.1, 0.15) is 5.56 Å². The lowest BCUT2D eigenvalue weighted by Crippen LogP contribution is -2.19. The zero-order valence-electron chi connectivity index (χ0n) is 7.61. The molecule has 2 heteroatoms. The van der Waals surface area contributed by atoms with E-state index in [1.807, 2.05) is 18.2 Å². The van der Waals surface area contributed by atoms with Crippen molar-refractivity contribution in [2.75, 3.05) is 13.1 Å². The van der Waals surface area contributed by atoms with Crippen LogP contribution in [0.2, 0.25) is 0 Å². The Labute approximate surface area is 78.6 Å². The Bertz CT molecular complexity index is 260. The summed E-state index contributed by atoms with van der Waals surface area (Å²) in [5.74, 6) is 0.391. The summed E-state index contributed by atoms with van der Waals surface area (Å²) >= 11 is 0. The molecule has 2 rings (SSSR count). The number of hydrogen-bond acceptors (Lipinski definition) is 2. The molecule has 1 heterocycles. The third kappa shape index (κ3) is 2.08. The zero-order chi connectivity index (χ0) is 9.10. The third-order valence-electron chi connectivity index (χ3n) is 2.64. The number of nitrogens with one attached hydrogen (secondary N) is 1. The zero-order valence-corrected chi connectivity index (χ0v) is 7.61. The number of β-amino-alcohol motifs (C(OH)–C–C–N with tert-alkyl or cyclic N) is 1. The minimum Gasteiger partial charge on any atom is -0.391 e. The first-order valence-corrected chi connectivity index (χ1v) is 4.79. The van der Waals surface area contributed by atoms with Gasteiger partial charge >= 0.3 is 0 Å². The Morgan fingerprint density at radius 2 is 2.00 bits per heavy atom. The van der Waals surface area contributed by atoms with Crippen LogP contribution < -0.4 is 5.32 Å². The summed E-state index contributed by atoms with van der Waals surface area (Å²) in [4.78, 5) is 0. The molecule has 70 valence electrons. The fourth-order valence-corrected chi connectivity index (χ4v) is 1.84. The molecule has 0 aliphatic carbocycles. The Morgan fingerprint density at radius 3 is 2.62 bits per heavy atom. The van der Waals surface area contributed by atoms with Gasteiger partial charge in [-0.2, -0.15) is 0 Å². The maximum Gasteiger partial charge on any atom is 0.0708 e. The van der Waals surface area contributed by atoms with Crippen molar-refractivity contribution in [1.29, 1.82) is 0 Å². The van der Waals surface area contributed by atoms with Gasteiger partial charge < -0.3 is 10.4 Å². The highest BCUT2D eigenvalue weighted by Crippen LogP contribution is 2.15. The molecule has 2 atom stereocenters. The first-order valence-electron chi connectivity index (χ1n) is 4.79. The quantitative estimate of drug-likeness (QED) is 0.700. The highest BCUT2D eigenvalue weighted by molar-refractivity contribution is 5.15. The minimum atomic E-state index is -0.166. The lowest BCUT2D eigenvalue weighted by Gasteiger charge is -2.12. The van der Waals surface area contributed by atoms with Crippen LogP contribution in [-0.2, 0) is 6.42 Å². The first-order chi connectivity index (χ1) is 6.36. The van der Waals surface area contributed by atoms with E-state index in [9.17, 15) is 5.11 Å². The molecule has 0 bridgehead atoms. The van der Waals surface area contributed by atoms with Crippen molar-refractivity contribution in [2.45, 2.75) is 12.5 Å². The monoisotopic (exact) mass is 177 g/mol. The van der Waals surface area contributed by atoms with Gasteiger partial charge in [-0.15, -0.1) is 0 Å². The molecule has 2 nitrogen and oxygen atoms in total. The van der Waals surface area contributed by atoms with Crippen LogP contribution in [0.5, 0.6) is 0 Å². The van der Waals surface area contributed by atoms with Gasteiger partial charge in [-0.05, 0) is 12.0 Å². The molecule has 0 saturated carbocycles. The van der Waals surface area contributed by atoms with E-state index in [2.05, 4.69) is 17.4 Å². The van der Waals surface area contributed by atoms with Crippen LogP contribution in [-0.4, -0.2) is 24.3 Å². The van der Waals surface area contributed by atoms with Gasteiger partial charge in [0.1, 0.15) is 0 Å². The van der Waals surface area contributed by atoms with Gasteiger partial charge in [0.2, 0.25) is 0 Å². The summed E-state index contributed by atoms with van der Waals surface area (Å²) in [5, 5.41) is 12.8. The highest BCUT2D eigenvalue weighted by Gasteiger charge is 2.24. The molecule has 0 aromatic heterocycles. The molecule has 1 fully saturated rings. The maximum absolute atomic E-state index is 9.59. The average molecular weight is 177 g/mol. The summed E-state index contributed by atoms with van der Waals surface area (Å²) < 4.78 is 0. The predicted molar refractivity (Wildman–Crippen MR) is 52.5 cm³/mol. The van der Waals surface area contributed by atoms with Crippen LogP contribution >= 0.6 is 0 Å². The van der Waals surface area contributed by atoms with Crippen molar-refractivity contribution in [3.05, 3.63) is 35.9 Å². The molecule has 1 saturated heterocycles. The molecule has 0 spiro atoms. The van der Waals surface area contributed by atoms with E-state index in [1.165, 1.54) is 5.56 Å². The smallest absolute Gasteiger partial charge is 0.0708 e. The lowest BCUT2D eigenvalue weighted by atomic mass is 9.97. The van der Waals surface area contributed by atoms with Crippen molar-refractivity contribution >= 4 is 0 Å². The normalized spacial score (nSPS) is 27.8. The number of aliphatic hydroxyl groups is 1. The molecular formula is C11H15NO. The molecular weight excluding hydrogens is 162 g/mol. The van der Waals surface area contributed by atoms with Crippen molar-refractivity contribution in [3.63, 3.8) is 0 Å². The van der Waals surface area contributed by atoms with Gasteiger partial charge in [0, 0.05) is 19.0 Å². The fourth-order valence-electron chi connectivity index (χ4n) is 1.84. The molecule has 13 heavy (non-hydrogen) atoms. The molecule has 1 aliphatic heterocycles. The van der Waals surface area contributed by atoms with Crippen molar-refractivity contribution in [1.82, 2.24) is 5.32 Å². The highest BCUT2D eigenvalue weighted by atomic mass is 16.3. The van der Waals surface area contributed by atoms with Gasteiger partial charge in [-0.1, -0.05) is 30.3 Å². The van der Waals surface area contributed by atoms with Crippen molar-refractivity contribution in [2.24, 2.45) is 5.92 Å². The minimum absolute atomic E-state index is 0.166.